The maximum atomic E-state index is 11.2. The first-order valence-corrected chi connectivity index (χ1v) is 7.98. The van der Waals surface area contributed by atoms with E-state index in [1.165, 1.54) is 5.56 Å². The van der Waals surface area contributed by atoms with Gasteiger partial charge in [-0.15, -0.1) is 0 Å². The zero-order valence-electron chi connectivity index (χ0n) is 14.1. The topological polar surface area (TPSA) is 68.2 Å². The summed E-state index contributed by atoms with van der Waals surface area (Å²) in [6.45, 7) is 4.50. The minimum absolute atomic E-state index is 0.366. The quantitative estimate of drug-likeness (QED) is 0.280. The third-order valence-corrected chi connectivity index (χ3v) is 3.45. The van der Waals surface area contributed by atoms with Gasteiger partial charge in [0.1, 0.15) is 6.21 Å². The molecular formula is C17H28N4O2. The van der Waals surface area contributed by atoms with E-state index in [2.05, 4.69) is 58.6 Å². The summed E-state index contributed by atoms with van der Waals surface area (Å²) in [5, 5.41) is 13.7. The predicted molar refractivity (Wildman–Crippen MR) is 92.8 cm³/mol. The fourth-order valence-electron chi connectivity index (χ4n) is 2.33. The molecule has 2 N–H and O–H groups in total. The molecule has 6 nitrogen and oxygen atoms in total. The number of amides is 1. The molecule has 0 fully saturated rings. The summed E-state index contributed by atoms with van der Waals surface area (Å²) in [4.78, 5) is 15.8. The first-order valence-electron chi connectivity index (χ1n) is 7.98. The minimum Gasteiger partial charge on any atom is -0.411 e. The fourth-order valence-corrected chi connectivity index (χ4v) is 2.33. The molecule has 1 amide bonds. The van der Waals surface area contributed by atoms with E-state index < -0.39 is 0 Å². The maximum absolute atomic E-state index is 11.2. The van der Waals surface area contributed by atoms with Crippen molar-refractivity contribution in [2.24, 2.45) is 5.16 Å². The van der Waals surface area contributed by atoms with Gasteiger partial charge in [-0.3, -0.25) is 9.69 Å². The maximum Gasteiger partial charge on any atom is 0.265 e. The molecule has 0 aromatic heterocycles. The lowest BCUT2D eigenvalue weighted by atomic mass is 10.2. The lowest BCUT2D eigenvalue weighted by molar-refractivity contribution is -0.114. The zero-order valence-corrected chi connectivity index (χ0v) is 14.1. The Labute approximate surface area is 138 Å². The monoisotopic (exact) mass is 320 g/mol. The Balaban J connectivity index is 2.39. The lowest BCUT2D eigenvalue weighted by Crippen LogP contribution is -2.31. The number of benzene rings is 1. The summed E-state index contributed by atoms with van der Waals surface area (Å²) in [7, 11) is 4.17. The van der Waals surface area contributed by atoms with Gasteiger partial charge in [0.15, 0.2) is 0 Å². The number of rotatable bonds is 11. The first kappa shape index (κ1) is 19.1. The summed E-state index contributed by atoms with van der Waals surface area (Å²) in [5.74, 6) is -0.366. The number of hydrogen-bond acceptors (Lipinski definition) is 5. The second-order valence-electron chi connectivity index (χ2n) is 5.81. The van der Waals surface area contributed by atoms with Gasteiger partial charge < -0.3 is 15.4 Å². The minimum atomic E-state index is -0.366. The van der Waals surface area contributed by atoms with E-state index in [4.69, 9.17) is 5.21 Å². The Hall–Kier alpha value is -1.92. The number of oxime groups is 1. The van der Waals surface area contributed by atoms with Crippen molar-refractivity contribution in [3.63, 3.8) is 0 Å². The number of nitrogens with zero attached hydrogens (tertiary/aromatic N) is 3. The lowest BCUT2D eigenvalue weighted by Gasteiger charge is -2.23. The van der Waals surface area contributed by atoms with Crippen molar-refractivity contribution < 1.29 is 10.0 Å². The first-order chi connectivity index (χ1) is 11.1. The molecule has 0 aliphatic heterocycles. The molecule has 6 heteroatoms. The summed E-state index contributed by atoms with van der Waals surface area (Å²) >= 11 is 0. The Kier molecular flexibility index (Phi) is 9.66. The van der Waals surface area contributed by atoms with E-state index in [0.717, 1.165) is 45.2 Å². The highest BCUT2D eigenvalue weighted by atomic mass is 16.4. The number of carbonyl (C=O) groups is 1. The summed E-state index contributed by atoms with van der Waals surface area (Å²) in [6.07, 6.45) is 2.85. The molecule has 0 bridgehead atoms. The number of carbonyl (C=O) groups excluding carboxylic acids is 1. The predicted octanol–water partition coefficient (Wildman–Crippen LogP) is 1.41. The molecular weight excluding hydrogens is 292 g/mol. The van der Waals surface area contributed by atoms with Crippen LogP contribution in [0, 0.1) is 0 Å². The van der Waals surface area contributed by atoms with Gasteiger partial charge in [-0.2, -0.15) is 0 Å². The van der Waals surface area contributed by atoms with Gasteiger partial charge in [0.05, 0.1) is 0 Å². The van der Waals surface area contributed by atoms with E-state index in [1.54, 1.807) is 0 Å². The van der Waals surface area contributed by atoms with Crippen LogP contribution in [0.15, 0.2) is 35.5 Å². The van der Waals surface area contributed by atoms with Crippen LogP contribution in [0.2, 0.25) is 0 Å². The van der Waals surface area contributed by atoms with Crippen LogP contribution in [0.4, 0.5) is 0 Å². The molecule has 23 heavy (non-hydrogen) atoms. The third kappa shape index (κ3) is 9.65. The molecule has 0 saturated carbocycles. The molecule has 0 saturated heterocycles. The second kappa shape index (κ2) is 11.6. The third-order valence-electron chi connectivity index (χ3n) is 3.45. The molecule has 0 unspecified atom stereocenters. The summed E-state index contributed by atoms with van der Waals surface area (Å²) < 4.78 is 0. The van der Waals surface area contributed by atoms with E-state index >= 15 is 0 Å². The molecule has 128 valence electrons. The average molecular weight is 320 g/mol. The van der Waals surface area contributed by atoms with Crippen LogP contribution in [-0.2, 0) is 11.3 Å². The van der Waals surface area contributed by atoms with Gasteiger partial charge >= 0.3 is 0 Å². The SMILES string of the molecule is CN(C)CCCN(CCCNC(=O)C=NO)Cc1ccccc1. The molecule has 0 heterocycles. The van der Waals surface area contributed by atoms with E-state index in [9.17, 15) is 4.79 Å². The van der Waals surface area contributed by atoms with Gasteiger partial charge in [0.25, 0.3) is 5.91 Å². The molecule has 1 aromatic carbocycles. The van der Waals surface area contributed by atoms with Crippen molar-refractivity contribution in [3.8, 4) is 0 Å². The second-order valence-corrected chi connectivity index (χ2v) is 5.81. The van der Waals surface area contributed by atoms with Gasteiger partial charge in [-0.1, -0.05) is 35.5 Å². The standard InChI is InChI=1S/C17H28N4O2/c1-20(2)11-7-13-21(15-16-8-4-3-5-9-16)12-6-10-18-17(22)14-19-23/h3-5,8-9,14,23H,6-7,10-13,15H2,1-2H3,(H,18,22). The smallest absolute Gasteiger partial charge is 0.265 e. The highest BCUT2D eigenvalue weighted by molar-refractivity contribution is 6.25. The molecule has 0 aliphatic rings. The van der Waals surface area contributed by atoms with Gasteiger partial charge in [0.2, 0.25) is 0 Å². The van der Waals surface area contributed by atoms with Crippen LogP contribution in [-0.4, -0.2) is 67.4 Å². The van der Waals surface area contributed by atoms with Crippen LogP contribution >= 0.6 is 0 Å². The van der Waals surface area contributed by atoms with Crippen LogP contribution in [0.25, 0.3) is 0 Å². The molecule has 0 atom stereocenters. The molecule has 1 rings (SSSR count). The largest absolute Gasteiger partial charge is 0.411 e. The van der Waals surface area contributed by atoms with Crippen LogP contribution in [0.3, 0.4) is 0 Å². The normalized spacial score (nSPS) is 11.5. The van der Waals surface area contributed by atoms with Crippen molar-refractivity contribution in [1.29, 1.82) is 0 Å². The number of hydrogen-bond donors (Lipinski definition) is 2. The Morgan fingerprint density at radius 2 is 1.87 bits per heavy atom. The van der Waals surface area contributed by atoms with Crippen LogP contribution < -0.4 is 5.32 Å². The number of nitrogens with one attached hydrogen (secondary N) is 1. The van der Waals surface area contributed by atoms with Crippen molar-refractivity contribution in [3.05, 3.63) is 35.9 Å². The summed E-state index contributed by atoms with van der Waals surface area (Å²) in [6, 6.07) is 10.4. The molecule has 0 spiro atoms. The molecule has 1 aromatic rings. The van der Waals surface area contributed by atoms with Gasteiger partial charge in [-0.05, 0) is 45.6 Å². The highest BCUT2D eigenvalue weighted by Crippen LogP contribution is 2.06. The van der Waals surface area contributed by atoms with Crippen molar-refractivity contribution >= 4 is 12.1 Å². The van der Waals surface area contributed by atoms with Gasteiger partial charge in [0, 0.05) is 19.6 Å². The van der Waals surface area contributed by atoms with Gasteiger partial charge in [-0.25, -0.2) is 0 Å². The average Bonchev–Trinajstić information content (AvgIpc) is 2.52. The van der Waals surface area contributed by atoms with Crippen LogP contribution in [0.5, 0.6) is 0 Å². The van der Waals surface area contributed by atoms with Crippen LogP contribution in [0.1, 0.15) is 18.4 Å². The Morgan fingerprint density at radius 3 is 2.52 bits per heavy atom. The van der Waals surface area contributed by atoms with E-state index in [-0.39, 0.29) is 5.91 Å². The summed E-state index contributed by atoms with van der Waals surface area (Å²) in [5.41, 5.74) is 1.30. The zero-order chi connectivity index (χ0) is 16.9. The van der Waals surface area contributed by atoms with Crippen molar-refractivity contribution in [2.45, 2.75) is 19.4 Å². The Bertz CT molecular complexity index is 463. The molecule has 0 radical (unpaired) electrons. The van der Waals surface area contributed by atoms with Crippen molar-refractivity contribution in [1.82, 2.24) is 15.1 Å². The Morgan fingerprint density at radius 1 is 1.17 bits per heavy atom. The molecule has 0 aliphatic carbocycles. The van der Waals surface area contributed by atoms with E-state index in [1.807, 2.05) is 6.07 Å². The fraction of sp³-hybridized carbons (Fsp3) is 0.529. The van der Waals surface area contributed by atoms with E-state index in [0.29, 0.717) is 6.54 Å². The highest BCUT2D eigenvalue weighted by Gasteiger charge is 2.06. The van der Waals surface area contributed by atoms with Crippen molar-refractivity contribution in [2.75, 3.05) is 40.3 Å².